The minimum atomic E-state index is -1.22. The summed E-state index contributed by atoms with van der Waals surface area (Å²) in [4.78, 5) is 3.09. The lowest BCUT2D eigenvalue weighted by Crippen LogP contribution is -2.76. The van der Waals surface area contributed by atoms with Crippen molar-refractivity contribution in [2.75, 3.05) is 0 Å². The number of aliphatic hydroxyl groups is 4. The van der Waals surface area contributed by atoms with Crippen molar-refractivity contribution < 1.29 is 29.9 Å². The van der Waals surface area contributed by atoms with Crippen LogP contribution in [0.3, 0.4) is 0 Å². The van der Waals surface area contributed by atoms with E-state index in [9.17, 15) is 20.4 Å². The molecule has 220 valence electrons. The van der Waals surface area contributed by atoms with Gasteiger partial charge in [-0.2, -0.15) is 0 Å². The first-order valence-electron chi connectivity index (χ1n) is 15.0. The van der Waals surface area contributed by atoms with Gasteiger partial charge in [0, 0.05) is 33.8 Å². The number of alkyl halides is 1. The van der Waals surface area contributed by atoms with Crippen LogP contribution >= 0.6 is 11.6 Å². The monoisotopic (exact) mass is 573 g/mol. The third-order valence-corrected chi connectivity index (χ3v) is 12.5. The molecule has 40 heavy (non-hydrogen) atoms. The van der Waals surface area contributed by atoms with Crippen LogP contribution in [0.1, 0.15) is 84.0 Å². The lowest BCUT2D eigenvalue weighted by atomic mass is 9.40. The SMILES string of the molecule is CC(C)(O)C1OC2CCC3(C)C4(C)c5[nH]c6cc(CC(O)C(C)(C)Cl)ccc6c5CC4CCC3(O)C23OC3C1O. The summed E-state index contributed by atoms with van der Waals surface area (Å²) < 4.78 is 12.8. The number of ether oxygens (including phenoxy) is 2. The van der Waals surface area contributed by atoms with Crippen molar-refractivity contribution in [2.24, 2.45) is 11.3 Å². The van der Waals surface area contributed by atoms with E-state index < -0.39 is 51.5 Å². The van der Waals surface area contributed by atoms with Crippen molar-refractivity contribution in [1.29, 1.82) is 0 Å². The molecular weight excluding hydrogens is 530 g/mol. The summed E-state index contributed by atoms with van der Waals surface area (Å²) in [5, 5.41) is 46.6. The van der Waals surface area contributed by atoms with Gasteiger partial charge in [0.25, 0.3) is 0 Å². The molecule has 2 aliphatic heterocycles. The Morgan fingerprint density at radius 2 is 1.88 bits per heavy atom. The van der Waals surface area contributed by atoms with Crippen LogP contribution in [0.2, 0.25) is 0 Å². The zero-order valence-electron chi connectivity index (χ0n) is 24.4. The lowest BCUT2D eigenvalue weighted by molar-refractivity contribution is -0.280. The zero-order valence-corrected chi connectivity index (χ0v) is 25.2. The van der Waals surface area contributed by atoms with Gasteiger partial charge in [0.1, 0.15) is 23.9 Å². The second kappa shape index (κ2) is 8.04. The molecule has 8 heteroatoms. The Morgan fingerprint density at radius 3 is 2.55 bits per heavy atom. The number of halogens is 1. The predicted octanol–water partition coefficient (Wildman–Crippen LogP) is 3.88. The summed E-state index contributed by atoms with van der Waals surface area (Å²) in [5.41, 5.74) is 0.374. The molecule has 1 aromatic carbocycles. The third-order valence-electron chi connectivity index (χ3n) is 12.2. The molecule has 0 bridgehead atoms. The molecule has 5 N–H and O–H groups in total. The van der Waals surface area contributed by atoms with Crippen LogP contribution in [0.5, 0.6) is 0 Å². The van der Waals surface area contributed by atoms with Gasteiger partial charge in [-0.1, -0.05) is 26.0 Å². The van der Waals surface area contributed by atoms with Crippen molar-refractivity contribution in [2.45, 2.75) is 138 Å². The third kappa shape index (κ3) is 3.18. The number of aliphatic hydroxyl groups excluding tert-OH is 2. The summed E-state index contributed by atoms with van der Waals surface area (Å²) >= 11 is 6.37. The first-order valence-corrected chi connectivity index (χ1v) is 15.3. The Morgan fingerprint density at radius 1 is 1.15 bits per heavy atom. The number of aromatic nitrogens is 1. The molecule has 1 aromatic heterocycles. The number of H-pyrrole nitrogens is 1. The van der Waals surface area contributed by atoms with Gasteiger partial charge in [0.05, 0.1) is 22.7 Å². The maximum Gasteiger partial charge on any atom is 0.152 e. The molecule has 7 rings (SSSR count). The predicted molar refractivity (Wildman–Crippen MR) is 153 cm³/mol. The maximum absolute atomic E-state index is 12.9. The molecule has 1 spiro atoms. The van der Waals surface area contributed by atoms with Gasteiger partial charge in [0.15, 0.2) is 5.60 Å². The first-order chi connectivity index (χ1) is 18.5. The highest BCUT2D eigenvalue weighted by Crippen LogP contribution is 2.75. The highest BCUT2D eigenvalue weighted by atomic mass is 35.5. The summed E-state index contributed by atoms with van der Waals surface area (Å²) in [6, 6.07) is 6.39. The molecule has 0 amide bonds. The molecule has 3 aliphatic carbocycles. The molecule has 4 fully saturated rings. The topological polar surface area (TPSA) is 118 Å². The average molecular weight is 574 g/mol. The number of epoxide rings is 1. The van der Waals surface area contributed by atoms with Crippen LogP contribution in [0, 0.1) is 11.3 Å². The van der Waals surface area contributed by atoms with Crippen LogP contribution < -0.4 is 0 Å². The maximum atomic E-state index is 12.9. The molecule has 0 radical (unpaired) electrons. The molecule has 5 aliphatic rings. The number of rotatable bonds is 4. The van der Waals surface area contributed by atoms with E-state index in [1.165, 1.54) is 16.6 Å². The van der Waals surface area contributed by atoms with E-state index in [-0.39, 0.29) is 11.5 Å². The van der Waals surface area contributed by atoms with Gasteiger partial charge >= 0.3 is 0 Å². The number of aromatic amines is 1. The van der Waals surface area contributed by atoms with Crippen LogP contribution in [-0.4, -0.2) is 77.6 Å². The molecule has 10 unspecified atom stereocenters. The van der Waals surface area contributed by atoms with E-state index >= 15 is 0 Å². The van der Waals surface area contributed by atoms with Crippen LogP contribution in [0.4, 0.5) is 0 Å². The highest BCUT2D eigenvalue weighted by Gasteiger charge is 2.86. The smallest absolute Gasteiger partial charge is 0.152 e. The zero-order chi connectivity index (χ0) is 28.8. The van der Waals surface area contributed by atoms with Gasteiger partial charge in [0.2, 0.25) is 0 Å². The normalized spacial score (nSPS) is 44.8. The molecule has 2 aromatic rings. The lowest BCUT2D eigenvalue weighted by Gasteiger charge is -2.66. The molecule has 2 saturated heterocycles. The highest BCUT2D eigenvalue weighted by molar-refractivity contribution is 6.23. The van der Waals surface area contributed by atoms with Gasteiger partial charge in [-0.05, 0) is 82.9 Å². The van der Waals surface area contributed by atoms with E-state index in [0.717, 1.165) is 30.3 Å². The second-order valence-electron chi connectivity index (χ2n) is 15.0. The standard InChI is InChI=1S/C32H44ClNO6/c1-27(2,33)21(35)14-16-7-8-18-19-15-17-9-12-31(38)29(5,30(17,6)24(19)34-20(18)13-16)11-10-22-32(31)26(40-32)23(36)25(39-22)28(3,4)37/h7-8,13,17,21-23,25-26,34-38H,9-12,14-15H2,1-6H3. The molecular formula is C32H44ClNO6. The summed E-state index contributed by atoms with van der Waals surface area (Å²) in [6.07, 6.45) is 0.972. The fourth-order valence-corrected chi connectivity index (χ4v) is 9.74. The van der Waals surface area contributed by atoms with Gasteiger partial charge in [-0.25, -0.2) is 0 Å². The van der Waals surface area contributed by atoms with Gasteiger partial charge < -0.3 is 34.9 Å². The average Bonchev–Trinajstić information content (AvgIpc) is 3.44. The number of hydrogen-bond donors (Lipinski definition) is 5. The largest absolute Gasteiger partial charge is 0.391 e. The fourth-order valence-electron chi connectivity index (χ4n) is 9.67. The Bertz CT molecular complexity index is 1380. The van der Waals surface area contributed by atoms with E-state index in [4.69, 9.17) is 21.1 Å². The van der Waals surface area contributed by atoms with Crippen LogP contribution in [-0.2, 0) is 27.7 Å². The van der Waals surface area contributed by atoms with E-state index in [2.05, 4.69) is 37.0 Å². The van der Waals surface area contributed by atoms with Crippen molar-refractivity contribution in [1.82, 2.24) is 4.98 Å². The van der Waals surface area contributed by atoms with Crippen LogP contribution in [0.15, 0.2) is 18.2 Å². The summed E-state index contributed by atoms with van der Waals surface area (Å²) in [5.74, 6) is 0.380. The van der Waals surface area contributed by atoms with E-state index in [0.29, 0.717) is 25.2 Å². The minimum Gasteiger partial charge on any atom is -0.391 e. The number of nitrogens with one attached hydrogen (secondary N) is 1. The van der Waals surface area contributed by atoms with E-state index in [1.54, 1.807) is 13.8 Å². The number of benzene rings is 1. The van der Waals surface area contributed by atoms with E-state index in [1.807, 2.05) is 13.8 Å². The summed E-state index contributed by atoms with van der Waals surface area (Å²) in [7, 11) is 0. The first kappa shape index (κ1) is 27.6. The molecule has 2 saturated carbocycles. The Balaban J connectivity index is 1.28. The van der Waals surface area contributed by atoms with Crippen molar-refractivity contribution in [3.8, 4) is 0 Å². The van der Waals surface area contributed by atoms with Crippen molar-refractivity contribution in [3.05, 3.63) is 35.0 Å². The fraction of sp³-hybridized carbons (Fsp3) is 0.750. The number of fused-ring (bicyclic) bond motifs is 7. The Kier molecular flexibility index (Phi) is 5.56. The molecule has 7 nitrogen and oxygen atoms in total. The van der Waals surface area contributed by atoms with Crippen molar-refractivity contribution in [3.63, 3.8) is 0 Å². The second-order valence-corrected chi connectivity index (χ2v) is 16.0. The summed E-state index contributed by atoms with van der Waals surface area (Å²) in [6.45, 7) is 11.5. The van der Waals surface area contributed by atoms with Crippen LogP contribution in [0.25, 0.3) is 10.9 Å². The number of hydrogen-bond acceptors (Lipinski definition) is 6. The quantitative estimate of drug-likeness (QED) is 0.280. The molecule has 3 heterocycles. The van der Waals surface area contributed by atoms with Crippen molar-refractivity contribution >= 4 is 22.5 Å². The Hall–Kier alpha value is -1.19. The Labute approximate surface area is 241 Å². The minimum absolute atomic E-state index is 0.333. The van der Waals surface area contributed by atoms with Gasteiger partial charge in [-0.3, -0.25) is 0 Å². The molecule has 10 atom stereocenters. The van der Waals surface area contributed by atoms with Gasteiger partial charge in [-0.15, -0.1) is 11.6 Å².